The van der Waals surface area contributed by atoms with Gasteiger partial charge < -0.3 is 4.74 Å². The van der Waals surface area contributed by atoms with Crippen LogP contribution in [0.1, 0.15) is 45.7 Å². The Labute approximate surface area is 151 Å². The number of para-hydroxylation sites is 1. The highest BCUT2D eigenvalue weighted by molar-refractivity contribution is 5.96. The lowest BCUT2D eigenvalue weighted by atomic mass is 9.95. The second kappa shape index (κ2) is 7.12. The SMILES string of the molecule is O=C(OCCC(=O)n1c2c(c3ccccc31)CCCC2)c1cccnc1. The van der Waals surface area contributed by atoms with Crippen molar-refractivity contribution in [2.45, 2.75) is 32.1 Å². The van der Waals surface area contributed by atoms with Gasteiger partial charge in [0.1, 0.15) is 6.61 Å². The van der Waals surface area contributed by atoms with Crippen molar-refractivity contribution in [1.29, 1.82) is 0 Å². The molecule has 26 heavy (non-hydrogen) atoms. The Morgan fingerprint density at radius 2 is 1.92 bits per heavy atom. The number of hydrogen-bond acceptors (Lipinski definition) is 4. The van der Waals surface area contributed by atoms with Crippen LogP contribution in [0.3, 0.4) is 0 Å². The molecule has 0 bridgehead atoms. The topological polar surface area (TPSA) is 61.2 Å². The number of carbonyl (C=O) groups excluding carboxylic acids is 2. The molecule has 1 aliphatic rings. The Bertz CT molecular complexity index is 960. The van der Waals surface area contributed by atoms with Crippen LogP contribution in [0.4, 0.5) is 0 Å². The average molecular weight is 348 g/mol. The molecule has 2 heterocycles. The van der Waals surface area contributed by atoms with Gasteiger partial charge in [0.2, 0.25) is 5.91 Å². The minimum absolute atomic E-state index is 0.0247. The van der Waals surface area contributed by atoms with Crippen LogP contribution in [0.2, 0.25) is 0 Å². The number of pyridine rings is 1. The van der Waals surface area contributed by atoms with Gasteiger partial charge in [0.05, 0.1) is 17.5 Å². The Hall–Kier alpha value is -2.95. The van der Waals surface area contributed by atoms with Crippen molar-refractivity contribution in [3.8, 4) is 0 Å². The molecule has 4 rings (SSSR count). The van der Waals surface area contributed by atoms with E-state index in [2.05, 4.69) is 11.1 Å². The molecule has 1 aliphatic carbocycles. The molecule has 0 unspecified atom stereocenters. The zero-order valence-electron chi connectivity index (χ0n) is 14.5. The van der Waals surface area contributed by atoms with Gasteiger partial charge >= 0.3 is 5.97 Å². The summed E-state index contributed by atoms with van der Waals surface area (Å²) in [7, 11) is 0. The lowest BCUT2D eigenvalue weighted by Crippen LogP contribution is -2.19. The van der Waals surface area contributed by atoms with E-state index in [9.17, 15) is 9.59 Å². The minimum atomic E-state index is -0.453. The molecule has 5 nitrogen and oxygen atoms in total. The van der Waals surface area contributed by atoms with Crippen LogP contribution in [0.5, 0.6) is 0 Å². The normalized spacial score (nSPS) is 13.4. The number of carbonyl (C=O) groups is 2. The Morgan fingerprint density at radius 3 is 2.77 bits per heavy atom. The predicted octanol–water partition coefficient (Wildman–Crippen LogP) is 3.80. The van der Waals surface area contributed by atoms with Crippen LogP contribution in [-0.4, -0.2) is 28.0 Å². The predicted molar refractivity (Wildman–Crippen MR) is 98.3 cm³/mol. The monoisotopic (exact) mass is 348 g/mol. The molecule has 3 aromatic rings. The van der Waals surface area contributed by atoms with Crippen LogP contribution >= 0.6 is 0 Å². The second-order valence-corrected chi connectivity index (χ2v) is 6.51. The van der Waals surface area contributed by atoms with Crippen LogP contribution < -0.4 is 0 Å². The molecule has 0 fully saturated rings. The number of hydrogen-bond donors (Lipinski definition) is 0. The molecule has 2 aromatic heterocycles. The smallest absolute Gasteiger partial charge is 0.339 e. The van der Waals surface area contributed by atoms with Gasteiger partial charge in [-0.25, -0.2) is 4.79 Å². The van der Waals surface area contributed by atoms with Crippen LogP contribution in [0.25, 0.3) is 10.9 Å². The number of esters is 1. The van der Waals surface area contributed by atoms with Gasteiger partial charge in [-0.05, 0) is 49.4 Å². The fourth-order valence-electron chi connectivity index (χ4n) is 3.69. The molecule has 5 heteroatoms. The Balaban J connectivity index is 1.51. The summed E-state index contributed by atoms with van der Waals surface area (Å²) in [4.78, 5) is 28.7. The Kier molecular flexibility index (Phi) is 4.52. The number of ether oxygens (including phenoxy) is 1. The summed E-state index contributed by atoms with van der Waals surface area (Å²) >= 11 is 0. The highest BCUT2D eigenvalue weighted by Crippen LogP contribution is 2.32. The van der Waals surface area contributed by atoms with E-state index in [1.54, 1.807) is 18.3 Å². The van der Waals surface area contributed by atoms with Crippen molar-refractivity contribution in [3.63, 3.8) is 0 Å². The average Bonchev–Trinajstić information content (AvgIpc) is 3.03. The molecule has 0 saturated carbocycles. The van der Waals surface area contributed by atoms with Crippen molar-refractivity contribution < 1.29 is 14.3 Å². The maximum Gasteiger partial charge on any atom is 0.339 e. The van der Waals surface area contributed by atoms with Crippen molar-refractivity contribution in [1.82, 2.24) is 9.55 Å². The summed E-state index contributed by atoms with van der Waals surface area (Å²) in [5.74, 6) is -0.478. The van der Waals surface area contributed by atoms with Crippen LogP contribution in [0, 0.1) is 0 Å². The molecular weight excluding hydrogens is 328 g/mol. The minimum Gasteiger partial charge on any atom is -0.462 e. The number of benzene rings is 1. The maximum atomic E-state index is 12.9. The fourth-order valence-corrected chi connectivity index (χ4v) is 3.69. The van der Waals surface area contributed by atoms with E-state index in [1.165, 1.54) is 17.1 Å². The van der Waals surface area contributed by atoms with E-state index in [1.807, 2.05) is 22.8 Å². The number of aromatic nitrogens is 2. The molecule has 0 saturated heterocycles. The first kappa shape index (κ1) is 16.5. The quantitative estimate of drug-likeness (QED) is 0.673. The molecular formula is C21H20N2O3. The number of aryl methyl sites for hydroxylation is 1. The van der Waals surface area contributed by atoms with E-state index in [0.29, 0.717) is 5.56 Å². The lowest BCUT2D eigenvalue weighted by Gasteiger charge is -2.15. The van der Waals surface area contributed by atoms with E-state index < -0.39 is 5.97 Å². The molecule has 0 amide bonds. The molecule has 0 radical (unpaired) electrons. The van der Waals surface area contributed by atoms with Gasteiger partial charge in [-0.2, -0.15) is 0 Å². The summed E-state index contributed by atoms with van der Waals surface area (Å²) in [5, 5.41) is 1.17. The summed E-state index contributed by atoms with van der Waals surface area (Å²) in [6.07, 6.45) is 7.43. The van der Waals surface area contributed by atoms with Gasteiger partial charge in [-0.15, -0.1) is 0 Å². The summed E-state index contributed by atoms with van der Waals surface area (Å²) in [5.41, 5.74) is 3.78. The summed E-state index contributed by atoms with van der Waals surface area (Å²) < 4.78 is 7.07. The van der Waals surface area contributed by atoms with Crippen molar-refractivity contribution in [2.24, 2.45) is 0 Å². The van der Waals surface area contributed by atoms with E-state index in [0.717, 1.165) is 36.9 Å². The zero-order valence-corrected chi connectivity index (χ0v) is 14.5. The largest absolute Gasteiger partial charge is 0.462 e. The Morgan fingerprint density at radius 1 is 1.08 bits per heavy atom. The second-order valence-electron chi connectivity index (χ2n) is 6.51. The zero-order chi connectivity index (χ0) is 17.9. The van der Waals surface area contributed by atoms with Crippen molar-refractivity contribution in [2.75, 3.05) is 6.61 Å². The third-order valence-corrected chi connectivity index (χ3v) is 4.87. The number of fused-ring (bicyclic) bond motifs is 3. The van der Waals surface area contributed by atoms with Crippen molar-refractivity contribution in [3.05, 3.63) is 65.6 Å². The highest BCUT2D eigenvalue weighted by Gasteiger charge is 2.23. The van der Waals surface area contributed by atoms with E-state index in [-0.39, 0.29) is 18.9 Å². The standard InChI is InChI=1S/C21H20N2O3/c24-20(11-13-26-21(25)15-6-5-12-22-14-15)23-18-9-3-1-7-16(18)17-8-2-4-10-19(17)23/h1,3,5-7,9,12,14H,2,4,8,10-11,13H2. The first-order chi connectivity index (χ1) is 12.8. The van der Waals surface area contributed by atoms with Crippen molar-refractivity contribution >= 4 is 22.8 Å². The van der Waals surface area contributed by atoms with Crippen LogP contribution in [-0.2, 0) is 17.6 Å². The fraction of sp³-hybridized carbons (Fsp3) is 0.286. The highest BCUT2D eigenvalue weighted by atomic mass is 16.5. The van der Waals surface area contributed by atoms with Gasteiger partial charge in [-0.1, -0.05) is 18.2 Å². The van der Waals surface area contributed by atoms with E-state index >= 15 is 0 Å². The number of nitrogens with zero attached hydrogens (tertiary/aromatic N) is 2. The van der Waals surface area contributed by atoms with E-state index in [4.69, 9.17) is 4.74 Å². The summed E-state index contributed by atoms with van der Waals surface area (Å²) in [6, 6.07) is 11.4. The third kappa shape index (κ3) is 3.01. The molecule has 0 aliphatic heterocycles. The summed E-state index contributed by atoms with van der Waals surface area (Å²) in [6.45, 7) is 0.0633. The molecule has 0 spiro atoms. The lowest BCUT2D eigenvalue weighted by molar-refractivity contribution is 0.0489. The van der Waals surface area contributed by atoms with Gasteiger partial charge in [0.15, 0.2) is 0 Å². The van der Waals surface area contributed by atoms with Crippen LogP contribution in [0.15, 0.2) is 48.8 Å². The first-order valence-corrected chi connectivity index (χ1v) is 8.97. The van der Waals surface area contributed by atoms with Gasteiger partial charge in [0.25, 0.3) is 0 Å². The maximum absolute atomic E-state index is 12.9. The first-order valence-electron chi connectivity index (χ1n) is 8.97. The third-order valence-electron chi connectivity index (χ3n) is 4.87. The van der Waals surface area contributed by atoms with Gasteiger partial charge in [-0.3, -0.25) is 14.3 Å². The molecule has 132 valence electrons. The molecule has 0 N–H and O–H groups in total. The number of rotatable bonds is 4. The molecule has 1 aromatic carbocycles. The van der Waals surface area contributed by atoms with Gasteiger partial charge in [0, 0.05) is 23.5 Å². The molecule has 0 atom stereocenters.